The second-order valence-corrected chi connectivity index (χ2v) is 8.88. The largest absolute Gasteiger partial charge is 0.463 e. The Bertz CT molecular complexity index is 1140. The van der Waals surface area contributed by atoms with E-state index in [2.05, 4.69) is 5.10 Å². The van der Waals surface area contributed by atoms with Crippen molar-refractivity contribution in [1.29, 1.82) is 0 Å². The molecule has 0 saturated carbocycles. The number of aromatic nitrogens is 2. The number of carbonyl (C=O) groups excluding carboxylic acids is 1. The molecule has 2 heterocycles. The second kappa shape index (κ2) is 10.2. The Morgan fingerprint density at radius 1 is 1.12 bits per heavy atom. The first-order valence-corrected chi connectivity index (χ1v) is 11.2. The molecule has 1 aliphatic heterocycles. The third-order valence-electron chi connectivity index (χ3n) is 5.34. The van der Waals surface area contributed by atoms with Crippen LogP contribution in [-0.2, 0) is 14.3 Å². The minimum Gasteiger partial charge on any atom is -0.463 e. The van der Waals surface area contributed by atoms with Crippen molar-refractivity contribution in [2.75, 3.05) is 6.61 Å². The average molecular weight is 494 g/mol. The summed E-state index contributed by atoms with van der Waals surface area (Å²) < 4.78 is 52.8. The molecular weight excluding hydrogens is 473 g/mol. The van der Waals surface area contributed by atoms with E-state index in [1.54, 1.807) is 0 Å². The molecule has 4 rings (SSSR count). The lowest BCUT2D eigenvalue weighted by atomic mass is 9.97. The summed E-state index contributed by atoms with van der Waals surface area (Å²) in [6, 6.07) is 9.74. The molecule has 0 amide bonds. The lowest BCUT2D eigenvalue weighted by molar-refractivity contribution is -0.187. The van der Waals surface area contributed by atoms with Crippen molar-refractivity contribution in [2.24, 2.45) is 0 Å². The van der Waals surface area contributed by atoms with Crippen LogP contribution in [0.3, 0.4) is 0 Å². The number of rotatable bonds is 6. The van der Waals surface area contributed by atoms with Crippen LogP contribution in [-0.4, -0.2) is 56.3 Å². The SMILES string of the molecule is CC(=O)OC[C@H]1O[C@@H](Sc2ccccc2)[C@H](O)[C@@H](n2cc(-c3cc(F)c(F)c(F)c3)cn2)[C@H]1O. The van der Waals surface area contributed by atoms with E-state index < -0.39 is 53.2 Å². The van der Waals surface area contributed by atoms with Crippen molar-refractivity contribution in [3.63, 3.8) is 0 Å². The molecule has 1 aliphatic rings. The zero-order chi connectivity index (χ0) is 24.4. The first-order chi connectivity index (χ1) is 16.2. The number of nitrogens with zero attached hydrogens (tertiary/aromatic N) is 2. The van der Waals surface area contributed by atoms with Crippen LogP contribution >= 0.6 is 11.8 Å². The maximum atomic E-state index is 13.7. The molecule has 0 bridgehead atoms. The van der Waals surface area contributed by atoms with E-state index >= 15 is 0 Å². The lowest BCUT2D eigenvalue weighted by Gasteiger charge is -2.42. The van der Waals surface area contributed by atoms with Gasteiger partial charge in [0.2, 0.25) is 0 Å². The van der Waals surface area contributed by atoms with Crippen molar-refractivity contribution < 1.29 is 37.7 Å². The molecule has 180 valence electrons. The minimum atomic E-state index is -1.58. The van der Waals surface area contributed by atoms with Gasteiger partial charge in [-0.05, 0) is 29.8 Å². The molecule has 1 aromatic heterocycles. The summed E-state index contributed by atoms with van der Waals surface area (Å²) in [5, 5.41) is 26.2. The molecule has 34 heavy (non-hydrogen) atoms. The topological polar surface area (TPSA) is 93.8 Å². The molecule has 0 spiro atoms. The molecular formula is C23H21F3N2O5S. The fourth-order valence-electron chi connectivity index (χ4n) is 3.67. The number of hydrogen-bond donors (Lipinski definition) is 2. The number of benzene rings is 2. The molecule has 1 fully saturated rings. The molecule has 5 atom stereocenters. The minimum absolute atomic E-state index is 0.0327. The Balaban J connectivity index is 1.64. The van der Waals surface area contributed by atoms with Gasteiger partial charge in [-0.2, -0.15) is 5.10 Å². The maximum absolute atomic E-state index is 13.7. The van der Waals surface area contributed by atoms with Crippen molar-refractivity contribution in [3.8, 4) is 11.1 Å². The number of ether oxygens (including phenoxy) is 2. The van der Waals surface area contributed by atoms with Crippen molar-refractivity contribution in [1.82, 2.24) is 9.78 Å². The highest BCUT2D eigenvalue weighted by Gasteiger charge is 2.46. The highest BCUT2D eigenvalue weighted by molar-refractivity contribution is 7.99. The quantitative estimate of drug-likeness (QED) is 0.401. The van der Waals surface area contributed by atoms with Crippen LogP contribution < -0.4 is 0 Å². The molecule has 11 heteroatoms. The molecule has 3 aromatic rings. The zero-order valence-electron chi connectivity index (χ0n) is 17.8. The molecule has 2 aromatic carbocycles. The van der Waals surface area contributed by atoms with Gasteiger partial charge in [0.05, 0.1) is 6.20 Å². The summed E-state index contributed by atoms with van der Waals surface area (Å²) in [6.45, 7) is 0.965. The van der Waals surface area contributed by atoms with Gasteiger partial charge in [-0.3, -0.25) is 9.48 Å². The Kier molecular flexibility index (Phi) is 7.27. The number of thioether (sulfide) groups is 1. The van der Waals surface area contributed by atoms with Gasteiger partial charge in [0.25, 0.3) is 0 Å². The van der Waals surface area contributed by atoms with Crippen LogP contribution in [0.4, 0.5) is 13.2 Å². The van der Waals surface area contributed by atoms with E-state index in [-0.39, 0.29) is 17.7 Å². The lowest BCUT2D eigenvalue weighted by Crippen LogP contribution is -2.55. The van der Waals surface area contributed by atoms with Gasteiger partial charge >= 0.3 is 5.97 Å². The third-order valence-corrected chi connectivity index (χ3v) is 6.51. The van der Waals surface area contributed by atoms with Crippen LogP contribution in [0.1, 0.15) is 13.0 Å². The molecule has 0 radical (unpaired) electrons. The summed E-state index contributed by atoms with van der Waals surface area (Å²) >= 11 is 1.21. The summed E-state index contributed by atoms with van der Waals surface area (Å²) in [7, 11) is 0. The van der Waals surface area contributed by atoms with Crippen LogP contribution in [0.15, 0.2) is 59.8 Å². The monoisotopic (exact) mass is 494 g/mol. The van der Waals surface area contributed by atoms with E-state index in [0.717, 1.165) is 17.0 Å². The fourth-order valence-corrected chi connectivity index (χ4v) is 4.75. The van der Waals surface area contributed by atoms with E-state index in [9.17, 15) is 28.2 Å². The normalized spacial score (nSPS) is 24.7. The highest BCUT2D eigenvalue weighted by Crippen LogP contribution is 2.38. The van der Waals surface area contributed by atoms with Crippen LogP contribution in [0.25, 0.3) is 11.1 Å². The third kappa shape index (κ3) is 5.12. The number of esters is 1. The molecule has 7 nitrogen and oxygen atoms in total. The first kappa shape index (κ1) is 24.3. The fraction of sp³-hybridized carbons (Fsp3) is 0.304. The summed E-state index contributed by atoms with van der Waals surface area (Å²) in [5.74, 6) is -4.85. The summed E-state index contributed by atoms with van der Waals surface area (Å²) in [6.07, 6.45) is -0.921. The van der Waals surface area contributed by atoms with Gasteiger partial charge in [0.15, 0.2) is 17.5 Å². The maximum Gasteiger partial charge on any atom is 0.302 e. The number of halogens is 3. The average Bonchev–Trinajstić information content (AvgIpc) is 3.28. The van der Waals surface area contributed by atoms with Crippen LogP contribution in [0, 0.1) is 17.5 Å². The number of aliphatic hydroxyl groups is 2. The highest BCUT2D eigenvalue weighted by atomic mass is 32.2. The predicted molar refractivity (Wildman–Crippen MR) is 116 cm³/mol. The number of carbonyl (C=O) groups is 1. The van der Waals surface area contributed by atoms with E-state index in [4.69, 9.17) is 9.47 Å². The standard InChI is InChI=1S/C23H21F3N2O5S/c1-12(29)32-11-18-21(30)20(22(31)23(33-18)34-15-5-3-2-4-6-15)28-10-14(9-27-28)13-7-16(24)19(26)17(25)8-13/h2-10,18,20-23,30-31H,11H2,1H3/t18-,20+,21+,22-,23+/m1/s1. The van der Waals surface area contributed by atoms with Crippen molar-refractivity contribution >= 4 is 17.7 Å². The summed E-state index contributed by atoms with van der Waals surface area (Å²) in [5.41, 5.74) is -0.581. The summed E-state index contributed by atoms with van der Waals surface area (Å²) in [4.78, 5) is 12.1. The smallest absolute Gasteiger partial charge is 0.302 e. The molecule has 0 unspecified atom stereocenters. The second-order valence-electron chi connectivity index (χ2n) is 7.71. The Morgan fingerprint density at radius 2 is 1.79 bits per heavy atom. The Morgan fingerprint density at radius 3 is 2.44 bits per heavy atom. The van der Waals surface area contributed by atoms with Gasteiger partial charge in [-0.25, -0.2) is 13.2 Å². The first-order valence-electron chi connectivity index (χ1n) is 10.3. The van der Waals surface area contributed by atoms with Crippen LogP contribution in [0.2, 0.25) is 0 Å². The Labute approximate surface area is 197 Å². The van der Waals surface area contributed by atoms with Crippen molar-refractivity contribution in [3.05, 3.63) is 72.3 Å². The van der Waals surface area contributed by atoms with Gasteiger partial charge in [-0.1, -0.05) is 30.0 Å². The van der Waals surface area contributed by atoms with Gasteiger partial charge in [0.1, 0.15) is 36.4 Å². The predicted octanol–water partition coefficient (Wildman–Crippen LogP) is 3.31. The molecule has 2 N–H and O–H groups in total. The zero-order valence-corrected chi connectivity index (χ0v) is 18.7. The van der Waals surface area contributed by atoms with E-state index in [1.165, 1.54) is 35.8 Å². The molecule has 0 aliphatic carbocycles. The van der Waals surface area contributed by atoms with E-state index in [0.29, 0.717) is 0 Å². The van der Waals surface area contributed by atoms with E-state index in [1.807, 2.05) is 30.3 Å². The number of hydrogen-bond acceptors (Lipinski definition) is 7. The van der Waals surface area contributed by atoms with Crippen LogP contribution in [0.5, 0.6) is 0 Å². The van der Waals surface area contributed by atoms with Gasteiger partial charge in [-0.15, -0.1) is 0 Å². The number of aliphatic hydroxyl groups excluding tert-OH is 2. The van der Waals surface area contributed by atoms with Crippen molar-refractivity contribution in [2.45, 2.75) is 41.6 Å². The molecule has 1 saturated heterocycles. The van der Waals surface area contributed by atoms with Gasteiger partial charge in [0, 0.05) is 23.6 Å². The van der Waals surface area contributed by atoms with Gasteiger partial charge < -0.3 is 19.7 Å². The Hall–Kier alpha value is -2.86.